The van der Waals surface area contributed by atoms with Crippen LogP contribution in [-0.4, -0.2) is 41.1 Å². The van der Waals surface area contributed by atoms with Crippen molar-refractivity contribution in [2.24, 2.45) is 5.73 Å². The second-order valence-corrected chi connectivity index (χ2v) is 6.93. The van der Waals surface area contributed by atoms with E-state index in [-0.39, 0.29) is 36.0 Å². The Morgan fingerprint density at radius 2 is 2.11 bits per heavy atom. The van der Waals surface area contributed by atoms with Gasteiger partial charge in [-0.3, -0.25) is 9.69 Å². The summed E-state index contributed by atoms with van der Waals surface area (Å²) in [5, 5.41) is -0.216. The minimum atomic E-state index is -0.575. The van der Waals surface area contributed by atoms with E-state index in [0.717, 1.165) is 16.9 Å². The van der Waals surface area contributed by atoms with Gasteiger partial charge in [-0.05, 0) is 23.3 Å². The highest BCUT2D eigenvalue weighted by Crippen LogP contribution is 2.40. The molecule has 27 heavy (non-hydrogen) atoms. The molecule has 1 amide bonds. The first-order valence-electron chi connectivity index (χ1n) is 8.09. The topological polar surface area (TPSA) is 81.9 Å². The third-order valence-corrected chi connectivity index (χ3v) is 5.52. The summed E-state index contributed by atoms with van der Waals surface area (Å²) in [7, 11) is 1.59. The fourth-order valence-electron chi connectivity index (χ4n) is 2.78. The lowest BCUT2D eigenvalue weighted by Gasteiger charge is -2.48. The van der Waals surface area contributed by atoms with E-state index in [9.17, 15) is 9.59 Å². The van der Waals surface area contributed by atoms with E-state index in [1.165, 1.54) is 16.7 Å². The summed E-state index contributed by atoms with van der Waals surface area (Å²) in [6, 6.07) is 6.67. The summed E-state index contributed by atoms with van der Waals surface area (Å²) in [6.45, 7) is 3.74. The summed E-state index contributed by atoms with van der Waals surface area (Å²) < 4.78 is 10.6. The van der Waals surface area contributed by atoms with Crippen molar-refractivity contribution in [2.75, 3.05) is 12.9 Å². The first-order valence-corrected chi connectivity index (χ1v) is 9.14. The highest BCUT2D eigenvalue weighted by Gasteiger charge is 2.51. The van der Waals surface area contributed by atoms with Crippen LogP contribution in [0.15, 0.2) is 60.3 Å². The highest BCUT2D eigenvalue weighted by atomic mass is 35.5. The first-order chi connectivity index (χ1) is 12.6. The summed E-state index contributed by atoms with van der Waals surface area (Å²) >= 11 is 1.54. The van der Waals surface area contributed by atoms with Gasteiger partial charge in [0.1, 0.15) is 29.5 Å². The third kappa shape index (κ3) is 4.21. The molecule has 1 aromatic rings. The molecule has 1 fully saturated rings. The molecule has 0 radical (unpaired) electrons. The standard InChI is InChI=1S/C19H20N2O4S.ClH/c1-3-4-5-13-11-26-18-15(20)17(22)21(18)16(13)19(23)25-10-12-6-8-14(24-2)9-7-12;/h3-9,15,18H,1,10-11,20H2,2H3;1H/t15?,18-;/m0./s1. The Morgan fingerprint density at radius 3 is 2.74 bits per heavy atom. The number of nitrogens with two attached hydrogens (primary N) is 1. The number of amides is 1. The molecule has 0 spiro atoms. The van der Waals surface area contributed by atoms with Gasteiger partial charge in [-0.1, -0.05) is 36.9 Å². The van der Waals surface area contributed by atoms with E-state index >= 15 is 0 Å². The molecule has 0 saturated carbocycles. The van der Waals surface area contributed by atoms with Gasteiger partial charge in [-0.25, -0.2) is 4.79 Å². The van der Waals surface area contributed by atoms with Crippen LogP contribution in [-0.2, 0) is 20.9 Å². The second-order valence-electron chi connectivity index (χ2n) is 5.83. The van der Waals surface area contributed by atoms with Gasteiger partial charge in [0.05, 0.1) is 7.11 Å². The number of hydrogen-bond donors (Lipinski definition) is 1. The number of hydrogen-bond acceptors (Lipinski definition) is 6. The van der Waals surface area contributed by atoms with Crippen molar-refractivity contribution in [3.63, 3.8) is 0 Å². The maximum absolute atomic E-state index is 12.7. The number of fused-ring (bicyclic) bond motifs is 1. The quantitative estimate of drug-likeness (QED) is 0.442. The molecule has 144 valence electrons. The van der Waals surface area contributed by atoms with E-state index in [0.29, 0.717) is 5.75 Å². The molecule has 2 aliphatic heterocycles. The average molecular weight is 409 g/mol. The van der Waals surface area contributed by atoms with E-state index in [2.05, 4.69) is 6.58 Å². The van der Waals surface area contributed by atoms with Crippen LogP contribution in [0.1, 0.15) is 5.56 Å². The summed E-state index contributed by atoms with van der Waals surface area (Å²) in [6.07, 6.45) is 5.13. The number of rotatable bonds is 6. The van der Waals surface area contributed by atoms with Gasteiger partial charge in [-0.2, -0.15) is 0 Å². The lowest BCUT2D eigenvalue weighted by molar-refractivity contribution is -0.151. The molecular weight excluding hydrogens is 388 g/mol. The lowest BCUT2D eigenvalue weighted by atomic mass is 10.0. The molecule has 2 N–H and O–H groups in total. The molecule has 6 nitrogen and oxygen atoms in total. The zero-order valence-corrected chi connectivity index (χ0v) is 16.4. The maximum atomic E-state index is 12.7. The van der Waals surface area contributed by atoms with Crippen molar-refractivity contribution >= 4 is 36.0 Å². The Labute approximate surface area is 168 Å². The Bertz CT molecular complexity index is 791. The van der Waals surface area contributed by atoms with Crippen LogP contribution in [0.3, 0.4) is 0 Å². The molecule has 2 heterocycles. The maximum Gasteiger partial charge on any atom is 0.355 e. The Kier molecular flexibility index (Phi) is 7.12. The number of nitrogens with zero attached hydrogens (tertiary/aromatic N) is 1. The van der Waals surface area contributed by atoms with Gasteiger partial charge >= 0.3 is 5.97 Å². The fraction of sp³-hybridized carbons (Fsp3) is 0.263. The van der Waals surface area contributed by atoms with Crippen LogP contribution < -0.4 is 10.5 Å². The van der Waals surface area contributed by atoms with Crippen molar-refractivity contribution in [3.8, 4) is 5.75 Å². The van der Waals surface area contributed by atoms with Crippen molar-refractivity contribution in [3.05, 3.63) is 65.9 Å². The summed E-state index contributed by atoms with van der Waals surface area (Å²) in [5.41, 5.74) is 7.67. The molecule has 0 bridgehead atoms. The van der Waals surface area contributed by atoms with Gasteiger partial charge in [0.2, 0.25) is 5.91 Å². The van der Waals surface area contributed by atoms with Crippen LogP contribution in [0.2, 0.25) is 0 Å². The van der Waals surface area contributed by atoms with E-state index in [1.54, 1.807) is 37.5 Å². The van der Waals surface area contributed by atoms with E-state index < -0.39 is 12.0 Å². The number of esters is 1. The number of thioether (sulfide) groups is 1. The summed E-state index contributed by atoms with van der Waals surface area (Å²) in [4.78, 5) is 26.3. The van der Waals surface area contributed by atoms with Crippen molar-refractivity contribution in [1.82, 2.24) is 4.90 Å². The number of β-lactam (4-membered cyclic amide) rings is 1. The number of carbonyl (C=O) groups is 2. The predicted molar refractivity (Wildman–Crippen MR) is 107 cm³/mol. The number of benzene rings is 1. The van der Waals surface area contributed by atoms with Crippen LogP contribution in [0.25, 0.3) is 0 Å². The van der Waals surface area contributed by atoms with Gasteiger partial charge in [0.25, 0.3) is 0 Å². The fourth-order valence-corrected chi connectivity index (χ4v) is 4.05. The molecule has 0 aromatic heterocycles. The van der Waals surface area contributed by atoms with Gasteiger partial charge in [0, 0.05) is 5.75 Å². The molecule has 2 atom stereocenters. The first kappa shape index (κ1) is 21.1. The zero-order valence-electron chi connectivity index (χ0n) is 14.8. The Balaban J connectivity index is 0.00000261. The smallest absolute Gasteiger partial charge is 0.355 e. The monoisotopic (exact) mass is 408 g/mol. The SMILES string of the molecule is C=CC=CC1=C(C(=O)OCc2ccc(OC)cc2)N2C(=O)C(N)[C@@H]2SC1.Cl. The van der Waals surface area contributed by atoms with Crippen molar-refractivity contribution in [2.45, 2.75) is 18.0 Å². The number of ether oxygens (including phenoxy) is 2. The van der Waals surface area contributed by atoms with Gasteiger partial charge in [0.15, 0.2) is 0 Å². The minimum Gasteiger partial charge on any atom is -0.497 e. The zero-order chi connectivity index (χ0) is 18.7. The molecule has 1 unspecified atom stereocenters. The Hall–Kier alpha value is -2.22. The molecule has 1 aromatic carbocycles. The average Bonchev–Trinajstić information content (AvgIpc) is 2.69. The van der Waals surface area contributed by atoms with E-state index in [4.69, 9.17) is 15.2 Å². The number of allylic oxidation sites excluding steroid dienone is 3. The number of halogens is 1. The largest absolute Gasteiger partial charge is 0.497 e. The normalized spacial score (nSPS) is 21.3. The van der Waals surface area contributed by atoms with Crippen LogP contribution in [0.5, 0.6) is 5.75 Å². The highest BCUT2D eigenvalue weighted by molar-refractivity contribution is 8.00. The number of carbonyl (C=O) groups excluding carboxylic acids is 2. The van der Waals surface area contributed by atoms with Gasteiger partial charge in [-0.15, -0.1) is 24.2 Å². The molecule has 3 rings (SSSR count). The molecule has 1 saturated heterocycles. The predicted octanol–water partition coefficient (Wildman–Crippen LogP) is 2.40. The Morgan fingerprint density at radius 1 is 1.41 bits per heavy atom. The van der Waals surface area contributed by atoms with Crippen molar-refractivity contribution < 1.29 is 19.1 Å². The second kappa shape index (κ2) is 9.12. The summed E-state index contributed by atoms with van der Waals surface area (Å²) in [5.74, 6) is 0.518. The van der Waals surface area contributed by atoms with Crippen LogP contribution in [0.4, 0.5) is 0 Å². The lowest BCUT2D eigenvalue weighted by Crippen LogP contribution is -2.68. The third-order valence-electron chi connectivity index (χ3n) is 4.19. The molecule has 0 aliphatic carbocycles. The van der Waals surface area contributed by atoms with Crippen LogP contribution >= 0.6 is 24.2 Å². The molecular formula is C19H21ClN2O4S. The van der Waals surface area contributed by atoms with Gasteiger partial charge < -0.3 is 15.2 Å². The van der Waals surface area contributed by atoms with E-state index in [1.807, 2.05) is 12.1 Å². The van der Waals surface area contributed by atoms with Crippen LogP contribution in [0, 0.1) is 0 Å². The molecule has 2 aliphatic rings. The number of methoxy groups -OCH3 is 1. The minimum absolute atomic E-state index is 0. The molecule has 8 heteroatoms. The van der Waals surface area contributed by atoms with Crippen molar-refractivity contribution in [1.29, 1.82) is 0 Å².